The summed E-state index contributed by atoms with van der Waals surface area (Å²) in [4.78, 5) is 10.7. The minimum atomic E-state index is -0.555. The van der Waals surface area contributed by atoms with Crippen LogP contribution in [0.4, 0.5) is 4.79 Å². The Bertz CT molecular complexity index is 385. The largest absolute Gasteiger partial charge is 0.348 e. The number of hydrazone groups is 1. The minimum Gasteiger partial charge on any atom is -0.275 e. The van der Waals surface area contributed by atoms with Crippen LogP contribution in [0.2, 0.25) is 0 Å². The van der Waals surface area contributed by atoms with Gasteiger partial charge < -0.3 is 0 Å². The Morgan fingerprint density at radius 2 is 1.94 bits per heavy atom. The average Bonchev–Trinajstić information content (AvgIpc) is 2.29. The summed E-state index contributed by atoms with van der Waals surface area (Å²) in [6, 6.07) is 7.35. The molecular formula is C10H15N5O. The van der Waals surface area contributed by atoms with Gasteiger partial charge in [0.1, 0.15) is 0 Å². The highest BCUT2D eigenvalue weighted by Gasteiger charge is 1.97. The van der Waals surface area contributed by atoms with Crippen LogP contribution in [0.25, 0.3) is 0 Å². The van der Waals surface area contributed by atoms with Crippen molar-refractivity contribution in [3.8, 4) is 0 Å². The molecule has 0 bridgehead atoms. The molecule has 0 aliphatic rings. The fraction of sp³-hybridized carbons (Fsp3) is 0.200. The summed E-state index contributed by atoms with van der Waals surface area (Å²) >= 11 is 0. The van der Waals surface area contributed by atoms with Gasteiger partial charge in [-0.1, -0.05) is 29.8 Å². The molecule has 1 aromatic carbocycles. The van der Waals surface area contributed by atoms with Crippen LogP contribution < -0.4 is 22.2 Å². The van der Waals surface area contributed by atoms with Crippen molar-refractivity contribution in [2.75, 3.05) is 0 Å². The van der Waals surface area contributed by atoms with Gasteiger partial charge in [0, 0.05) is 0 Å². The van der Waals surface area contributed by atoms with Crippen LogP contribution in [0.5, 0.6) is 0 Å². The number of hydrogen-bond donors (Lipinski definition) is 4. The van der Waals surface area contributed by atoms with Gasteiger partial charge in [-0.2, -0.15) is 5.10 Å². The molecule has 0 aliphatic heterocycles. The zero-order valence-corrected chi connectivity index (χ0v) is 9.24. The number of amides is 2. The second kappa shape index (κ2) is 5.72. The van der Waals surface area contributed by atoms with Gasteiger partial charge in [-0.3, -0.25) is 5.43 Å². The number of carbonyl (C=O) groups is 1. The van der Waals surface area contributed by atoms with Crippen LogP contribution in [-0.2, 0) is 0 Å². The first-order valence-electron chi connectivity index (χ1n) is 4.76. The summed E-state index contributed by atoms with van der Waals surface area (Å²) in [6.45, 7) is 3.85. The first-order chi connectivity index (χ1) is 7.63. The molecule has 1 rings (SSSR count). The number of hydrazine groups is 2. The molecule has 0 aliphatic carbocycles. The number of nitrogens with zero attached hydrogens (tertiary/aromatic N) is 1. The zero-order chi connectivity index (χ0) is 12.0. The van der Waals surface area contributed by atoms with Crippen molar-refractivity contribution >= 4 is 11.7 Å². The molecule has 2 amide bonds. The molecule has 0 saturated heterocycles. The molecule has 16 heavy (non-hydrogen) atoms. The van der Waals surface area contributed by atoms with Gasteiger partial charge in [0.2, 0.25) is 0 Å². The minimum absolute atomic E-state index is 0.555. The molecule has 0 spiro atoms. The third-order valence-electron chi connectivity index (χ3n) is 1.99. The van der Waals surface area contributed by atoms with Gasteiger partial charge in [0.25, 0.3) is 0 Å². The van der Waals surface area contributed by atoms with Crippen LogP contribution in [0, 0.1) is 6.92 Å². The molecule has 1 aromatic rings. The van der Waals surface area contributed by atoms with Crippen LogP contribution in [0.15, 0.2) is 29.4 Å². The summed E-state index contributed by atoms with van der Waals surface area (Å²) in [7, 11) is 0. The lowest BCUT2D eigenvalue weighted by molar-refractivity contribution is 0.237. The zero-order valence-electron chi connectivity index (χ0n) is 9.24. The maximum absolute atomic E-state index is 10.7. The number of urea groups is 1. The third kappa shape index (κ3) is 3.58. The first-order valence-corrected chi connectivity index (χ1v) is 4.76. The standard InChI is InChI=1S/C10H15N5O/c1-7-3-5-9(6-4-7)8(2)13-15-14-10(16)12-11/h3-6,15H,11H2,1-2H3,(H2,12,14,16)/b13-8+. The van der Waals surface area contributed by atoms with Crippen LogP contribution in [0.1, 0.15) is 18.1 Å². The van der Waals surface area contributed by atoms with Crippen molar-refractivity contribution < 1.29 is 4.79 Å². The topological polar surface area (TPSA) is 91.5 Å². The lowest BCUT2D eigenvalue weighted by Crippen LogP contribution is -2.45. The Morgan fingerprint density at radius 3 is 2.50 bits per heavy atom. The second-order valence-electron chi connectivity index (χ2n) is 3.27. The van der Waals surface area contributed by atoms with E-state index in [-0.39, 0.29) is 0 Å². The number of benzene rings is 1. The van der Waals surface area contributed by atoms with Crippen molar-refractivity contribution in [3.63, 3.8) is 0 Å². The lowest BCUT2D eigenvalue weighted by atomic mass is 10.1. The molecule has 0 unspecified atom stereocenters. The second-order valence-corrected chi connectivity index (χ2v) is 3.27. The van der Waals surface area contributed by atoms with Crippen molar-refractivity contribution in [1.29, 1.82) is 0 Å². The normalized spacial score (nSPS) is 10.8. The lowest BCUT2D eigenvalue weighted by Gasteiger charge is -2.04. The predicted molar refractivity (Wildman–Crippen MR) is 62.4 cm³/mol. The van der Waals surface area contributed by atoms with Crippen molar-refractivity contribution in [1.82, 2.24) is 16.4 Å². The highest BCUT2D eigenvalue weighted by molar-refractivity contribution is 5.98. The molecule has 0 saturated carbocycles. The van der Waals surface area contributed by atoms with E-state index in [4.69, 9.17) is 5.84 Å². The average molecular weight is 221 g/mol. The van der Waals surface area contributed by atoms with E-state index < -0.39 is 6.03 Å². The van der Waals surface area contributed by atoms with Gasteiger partial charge in [0.05, 0.1) is 5.71 Å². The summed E-state index contributed by atoms with van der Waals surface area (Å²) < 4.78 is 0. The number of carbonyl (C=O) groups excluding carboxylic acids is 1. The predicted octanol–water partition coefficient (Wildman–Crippen LogP) is 0.397. The summed E-state index contributed by atoms with van der Waals surface area (Å²) in [6.07, 6.45) is 0. The van der Waals surface area contributed by atoms with Crippen molar-refractivity contribution in [2.24, 2.45) is 10.9 Å². The van der Waals surface area contributed by atoms with Gasteiger partial charge in [-0.25, -0.2) is 21.6 Å². The quantitative estimate of drug-likeness (QED) is 0.257. The van der Waals surface area contributed by atoms with Gasteiger partial charge in [-0.15, -0.1) is 0 Å². The maximum Gasteiger partial charge on any atom is 0.348 e. The molecule has 0 atom stereocenters. The molecule has 0 radical (unpaired) electrons. The van der Waals surface area contributed by atoms with E-state index >= 15 is 0 Å². The van der Waals surface area contributed by atoms with Gasteiger partial charge in [-0.05, 0) is 19.4 Å². The van der Waals surface area contributed by atoms with Crippen molar-refractivity contribution in [3.05, 3.63) is 35.4 Å². The van der Waals surface area contributed by atoms with Crippen LogP contribution >= 0.6 is 0 Å². The Morgan fingerprint density at radius 1 is 1.31 bits per heavy atom. The summed E-state index contributed by atoms with van der Waals surface area (Å²) in [5.74, 6) is 4.87. The van der Waals surface area contributed by atoms with E-state index in [1.54, 1.807) is 0 Å². The summed E-state index contributed by atoms with van der Waals surface area (Å²) in [5, 5.41) is 3.95. The summed E-state index contributed by atoms with van der Waals surface area (Å²) in [5.41, 5.74) is 9.46. The smallest absolute Gasteiger partial charge is 0.275 e. The molecule has 6 nitrogen and oxygen atoms in total. The number of hydrogen-bond acceptors (Lipinski definition) is 4. The Kier molecular flexibility index (Phi) is 4.28. The Hall–Kier alpha value is -2.08. The number of nitrogens with two attached hydrogens (primary N) is 1. The van der Waals surface area contributed by atoms with E-state index in [1.165, 1.54) is 5.56 Å². The first kappa shape index (κ1) is 12.0. The van der Waals surface area contributed by atoms with E-state index in [0.29, 0.717) is 0 Å². The molecular weight excluding hydrogens is 206 g/mol. The fourth-order valence-corrected chi connectivity index (χ4v) is 1.06. The molecule has 0 heterocycles. The Balaban J connectivity index is 2.56. The number of rotatable bonds is 3. The van der Waals surface area contributed by atoms with Gasteiger partial charge >= 0.3 is 6.03 Å². The molecule has 0 fully saturated rings. The molecule has 5 N–H and O–H groups in total. The molecule has 0 aromatic heterocycles. The van der Waals surface area contributed by atoms with Crippen LogP contribution in [0.3, 0.4) is 0 Å². The van der Waals surface area contributed by atoms with Gasteiger partial charge in [0.15, 0.2) is 0 Å². The number of nitrogens with one attached hydrogen (secondary N) is 3. The van der Waals surface area contributed by atoms with Crippen molar-refractivity contribution in [2.45, 2.75) is 13.8 Å². The maximum atomic E-state index is 10.7. The highest BCUT2D eigenvalue weighted by atomic mass is 16.2. The van der Waals surface area contributed by atoms with E-state index in [2.05, 4.69) is 16.1 Å². The van der Waals surface area contributed by atoms with E-state index in [0.717, 1.165) is 11.3 Å². The highest BCUT2D eigenvalue weighted by Crippen LogP contribution is 2.03. The number of aryl methyl sites for hydroxylation is 1. The molecule has 6 heteroatoms. The van der Waals surface area contributed by atoms with E-state index in [9.17, 15) is 4.79 Å². The fourth-order valence-electron chi connectivity index (χ4n) is 1.06. The SMILES string of the molecule is C/C(=N\NNC(=O)NN)c1ccc(C)cc1. The van der Waals surface area contributed by atoms with Crippen LogP contribution in [-0.4, -0.2) is 11.7 Å². The Labute approximate surface area is 93.8 Å². The monoisotopic (exact) mass is 221 g/mol. The third-order valence-corrected chi connectivity index (χ3v) is 1.99. The van der Waals surface area contributed by atoms with E-state index in [1.807, 2.05) is 43.5 Å². The molecule has 86 valence electrons.